The van der Waals surface area contributed by atoms with Gasteiger partial charge in [-0.2, -0.15) is 4.98 Å². The molecular formula is C16H19N3O3. The summed E-state index contributed by atoms with van der Waals surface area (Å²) in [6, 6.07) is 9.94. The monoisotopic (exact) mass is 301 g/mol. The first kappa shape index (κ1) is 14.7. The van der Waals surface area contributed by atoms with Crippen molar-refractivity contribution in [1.82, 2.24) is 15.0 Å². The van der Waals surface area contributed by atoms with Crippen molar-refractivity contribution in [3.8, 4) is 0 Å². The third-order valence-corrected chi connectivity index (χ3v) is 4.21. The summed E-state index contributed by atoms with van der Waals surface area (Å²) in [4.78, 5) is 18.8. The van der Waals surface area contributed by atoms with Crippen LogP contribution in [0.2, 0.25) is 0 Å². The highest BCUT2D eigenvalue weighted by molar-refractivity contribution is 5.88. The molecule has 22 heavy (non-hydrogen) atoms. The summed E-state index contributed by atoms with van der Waals surface area (Å²) in [5.74, 6) is 0.581. The van der Waals surface area contributed by atoms with Crippen molar-refractivity contribution in [2.75, 3.05) is 20.3 Å². The number of hydrogen-bond acceptors (Lipinski definition) is 5. The van der Waals surface area contributed by atoms with E-state index in [0.717, 1.165) is 5.56 Å². The number of benzene rings is 1. The predicted molar refractivity (Wildman–Crippen MR) is 78.9 cm³/mol. The molecule has 1 amide bonds. The van der Waals surface area contributed by atoms with E-state index in [9.17, 15) is 4.79 Å². The molecule has 0 N–H and O–H groups in total. The van der Waals surface area contributed by atoms with Gasteiger partial charge < -0.3 is 14.2 Å². The van der Waals surface area contributed by atoms with E-state index >= 15 is 0 Å². The molecule has 116 valence electrons. The quantitative estimate of drug-likeness (QED) is 0.861. The van der Waals surface area contributed by atoms with Crippen molar-refractivity contribution in [3.05, 3.63) is 48.1 Å². The highest BCUT2D eigenvalue weighted by Gasteiger charge is 2.43. The van der Waals surface area contributed by atoms with Crippen LogP contribution in [-0.2, 0) is 21.5 Å². The Morgan fingerprint density at radius 3 is 2.64 bits per heavy atom. The third-order valence-electron chi connectivity index (χ3n) is 4.21. The topological polar surface area (TPSA) is 68.5 Å². The van der Waals surface area contributed by atoms with E-state index in [0.29, 0.717) is 38.4 Å². The first-order valence-corrected chi connectivity index (χ1v) is 7.36. The second-order valence-corrected chi connectivity index (χ2v) is 5.57. The lowest BCUT2D eigenvalue weighted by molar-refractivity contribution is -0.140. The molecule has 0 atom stereocenters. The van der Waals surface area contributed by atoms with Gasteiger partial charge in [0.05, 0.1) is 12.0 Å². The maximum absolute atomic E-state index is 13.1. The Kier molecular flexibility index (Phi) is 4.20. The van der Waals surface area contributed by atoms with Crippen molar-refractivity contribution >= 4 is 5.91 Å². The first-order valence-electron chi connectivity index (χ1n) is 7.36. The number of amides is 1. The van der Waals surface area contributed by atoms with Crippen molar-refractivity contribution in [1.29, 1.82) is 0 Å². The molecule has 3 rings (SSSR count). The average molecular weight is 301 g/mol. The second kappa shape index (κ2) is 6.27. The van der Waals surface area contributed by atoms with Gasteiger partial charge in [-0.25, -0.2) is 0 Å². The molecule has 0 unspecified atom stereocenters. The lowest BCUT2D eigenvalue weighted by atomic mass is 9.73. The molecule has 2 heterocycles. The molecule has 2 aromatic rings. The summed E-state index contributed by atoms with van der Waals surface area (Å²) >= 11 is 0. The molecule has 1 fully saturated rings. The molecule has 1 aromatic heterocycles. The van der Waals surface area contributed by atoms with Gasteiger partial charge >= 0.3 is 0 Å². The second-order valence-electron chi connectivity index (χ2n) is 5.57. The fraction of sp³-hybridized carbons (Fsp3) is 0.438. The minimum absolute atomic E-state index is 0.0757. The maximum Gasteiger partial charge on any atom is 0.233 e. The molecule has 1 aromatic carbocycles. The van der Waals surface area contributed by atoms with Crippen molar-refractivity contribution in [3.63, 3.8) is 0 Å². The average Bonchev–Trinajstić information content (AvgIpc) is 3.08. The number of nitrogens with zero attached hydrogens (tertiary/aromatic N) is 3. The molecule has 0 aliphatic carbocycles. The summed E-state index contributed by atoms with van der Waals surface area (Å²) < 4.78 is 10.2. The minimum atomic E-state index is -0.530. The van der Waals surface area contributed by atoms with E-state index in [1.807, 2.05) is 30.3 Å². The Hall–Kier alpha value is -2.21. The van der Waals surface area contributed by atoms with Crippen molar-refractivity contribution in [2.45, 2.75) is 24.8 Å². The molecule has 0 spiro atoms. The zero-order chi connectivity index (χ0) is 15.4. The Bertz CT molecular complexity index is 607. The Morgan fingerprint density at radius 2 is 2.00 bits per heavy atom. The molecule has 6 nitrogen and oxygen atoms in total. The van der Waals surface area contributed by atoms with Crippen LogP contribution in [0, 0.1) is 0 Å². The van der Waals surface area contributed by atoms with Crippen LogP contribution in [0.5, 0.6) is 0 Å². The first-order chi connectivity index (χ1) is 10.7. The summed E-state index contributed by atoms with van der Waals surface area (Å²) in [5.41, 5.74) is 0.515. The lowest BCUT2D eigenvalue weighted by Crippen LogP contribution is -2.48. The summed E-state index contributed by atoms with van der Waals surface area (Å²) in [5, 5.41) is 3.77. The number of hydrogen-bond donors (Lipinski definition) is 0. The van der Waals surface area contributed by atoms with Gasteiger partial charge in [-0.1, -0.05) is 35.5 Å². The van der Waals surface area contributed by atoms with E-state index < -0.39 is 5.41 Å². The number of rotatable bonds is 4. The predicted octanol–water partition coefficient (Wildman–Crippen LogP) is 1.78. The molecule has 1 aliphatic rings. The zero-order valence-electron chi connectivity index (χ0n) is 12.6. The van der Waals surface area contributed by atoms with Gasteiger partial charge in [0.2, 0.25) is 12.3 Å². The molecule has 1 saturated heterocycles. The standard InChI is InChI=1S/C16H19N3O3/c1-19(11-14-17-12-22-18-14)15(20)16(7-9-21-10-8-16)13-5-3-2-4-6-13/h2-6,12H,7-11H2,1H3. The minimum Gasteiger partial charge on any atom is -0.381 e. The van der Waals surface area contributed by atoms with E-state index in [1.54, 1.807) is 11.9 Å². The van der Waals surface area contributed by atoms with Crippen molar-refractivity contribution in [2.24, 2.45) is 0 Å². The number of ether oxygens (including phenoxy) is 1. The van der Waals surface area contributed by atoms with Crippen molar-refractivity contribution < 1.29 is 14.1 Å². The van der Waals surface area contributed by atoms with Crippen LogP contribution in [0.15, 0.2) is 41.2 Å². The summed E-state index contributed by atoms with van der Waals surface area (Å²) in [7, 11) is 1.78. The van der Waals surface area contributed by atoms with Gasteiger partial charge in [-0.15, -0.1) is 0 Å². The van der Waals surface area contributed by atoms with E-state index in [4.69, 9.17) is 9.26 Å². The third kappa shape index (κ3) is 2.74. The van der Waals surface area contributed by atoms with Crippen LogP contribution < -0.4 is 0 Å². The van der Waals surface area contributed by atoms with Gasteiger partial charge in [0, 0.05) is 20.3 Å². The SMILES string of the molecule is CN(Cc1ncon1)C(=O)C1(c2ccccc2)CCOCC1. The largest absolute Gasteiger partial charge is 0.381 e. The zero-order valence-corrected chi connectivity index (χ0v) is 12.6. The van der Waals surface area contributed by atoms with E-state index in [-0.39, 0.29) is 5.91 Å². The Morgan fingerprint density at radius 1 is 1.27 bits per heavy atom. The number of carbonyl (C=O) groups is 1. The van der Waals surface area contributed by atoms with Crippen LogP contribution in [0.25, 0.3) is 0 Å². The van der Waals surface area contributed by atoms with Crippen LogP contribution in [0.1, 0.15) is 24.2 Å². The van der Waals surface area contributed by atoms with Gasteiger partial charge in [-0.3, -0.25) is 4.79 Å². The van der Waals surface area contributed by atoms with Gasteiger partial charge in [0.25, 0.3) is 0 Å². The number of aromatic nitrogens is 2. The van der Waals surface area contributed by atoms with Crippen LogP contribution in [-0.4, -0.2) is 41.2 Å². The smallest absolute Gasteiger partial charge is 0.233 e. The Balaban J connectivity index is 1.87. The Labute approximate surface area is 129 Å². The molecule has 0 saturated carbocycles. The summed E-state index contributed by atoms with van der Waals surface area (Å²) in [6.45, 7) is 1.53. The van der Waals surface area contributed by atoms with Crippen LogP contribution in [0.3, 0.4) is 0 Å². The number of carbonyl (C=O) groups excluding carboxylic acids is 1. The van der Waals surface area contributed by atoms with Gasteiger partial charge in [0.15, 0.2) is 5.82 Å². The molecule has 0 bridgehead atoms. The highest BCUT2D eigenvalue weighted by Crippen LogP contribution is 2.36. The number of likely N-dealkylation sites (N-methyl/N-ethyl adjacent to an activating group) is 1. The normalized spacial score (nSPS) is 17.1. The molecule has 1 aliphatic heterocycles. The summed E-state index contributed by atoms with van der Waals surface area (Å²) in [6.07, 6.45) is 2.65. The fourth-order valence-electron chi connectivity index (χ4n) is 3.01. The molecular weight excluding hydrogens is 282 g/mol. The highest BCUT2D eigenvalue weighted by atomic mass is 16.5. The molecule has 0 radical (unpaired) electrons. The maximum atomic E-state index is 13.1. The molecule has 6 heteroatoms. The van der Waals surface area contributed by atoms with Crippen LogP contribution >= 0.6 is 0 Å². The lowest BCUT2D eigenvalue weighted by Gasteiger charge is -2.38. The van der Waals surface area contributed by atoms with Crippen LogP contribution in [0.4, 0.5) is 0 Å². The van der Waals surface area contributed by atoms with Gasteiger partial charge in [0.1, 0.15) is 0 Å². The fourth-order valence-corrected chi connectivity index (χ4v) is 3.01. The van der Waals surface area contributed by atoms with E-state index in [1.165, 1.54) is 6.39 Å². The van der Waals surface area contributed by atoms with Gasteiger partial charge in [-0.05, 0) is 18.4 Å². The van der Waals surface area contributed by atoms with E-state index in [2.05, 4.69) is 10.1 Å².